The lowest BCUT2D eigenvalue weighted by Gasteiger charge is -2.20. The highest BCUT2D eigenvalue weighted by Crippen LogP contribution is 2.35. The number of hydrogen-bond acceptors (Lipinski definition) is 7. The van der Waals surface area contributed by atoms with Gasteiger partial charge in [-0.2, -0.15) is 5.10 Å². The smallest absolute Gasteiger partial charge is 0.297 e. The van der Waals surface area contributed by atoms with Crippen molar-refractivity contribution in [1.82, 2.24) is 14.6 Å². The number of amides is 1. The zero-order valence-corrected chi connectivity index (χ0v) is 17.5. The monoisotopic (exact) mass is 444 g/mol. The van der Waals surface area contributed by atoms with Crippen molar-refractivity contribution < 1.29 is 13.6 Å². The Kier molecular flexibility index (Phi) is 4.29. The number of rotatable bonds is 4. The highest BCUT2D eigenvalue weighted by atomic mass is 32.1. The minimum Gasteiger partial charge on any atom is -0.463 e. The van der Waals surface area contributed by atoms with Gasteiger partial charge in [0.25, 0.3) is 11.5 Å². The number of para-hydroxylation sites is 1. The Morgan fingerprint density at radius 2 is 2.06 bits per heavy atom. The zero-order chi connectivity index (χ0) is 21.7. The second-order valence-corrected chi connectivity index (χ2v) is 8.43. The number of benzene rings is 1. The summed E-state index contributed by atoms with van der Waals surface area (Å²) in [5.74, 6) is 0.314. The lowest BCUT2D eigenvalue weighted by atomic mass is 10.1. The molecule has 158 valence electrons. The van der Waals surface area contributed by atoms with Gasteiger partial charge >= 0.3 is 0 Å². The average molecular weight is 444 g/mol. The van der Waals surface area contributed by atoms with E-state index in [-0.39, 0.29) is 24.1 Å². The van der Waals surface area contributed by atoms with E-state index in [0.29, 0.717) is 29.0 Å². The number of aromatic nitrogens is 2. The van der Waals surface area contributed by atoms with Crippen LogP contribution in [0.1, 0.15) is 23.1 Å². The third-order valence-corrected chi connectivity index (χ3v) is 6.47. The van der Waals surface area contributed by atoms with Crippen molar-refractivity contribution in [1.29, 1.82) is 0 Å². The lowest BCUT2D eigenvalue weighted by Crippen LogP contribution is -2.33. The maximum Gasteiger partial charge on any atom is 0.297 e. The van der Waals surface area contributed by atoms with E-state index in [4.69, 9.17) is 8.83 Å². The van der Waals surface area contributed by atoms with E-state index in [1.165, 1.54) is 15.9 Å². The molecule has 5 aromatic rings. The second-order valence-electron chi connectivity index (χ2n) is 7.45. The summed E-state index contributed by atoms with van der Waals surface area (Å²) in [5.41, 5.74) is 1.50. The molecule has 0 bridgehead atoms. The molecule has 0 saturated carbocycles. The maximum atomic E-state index is 13.3. The van der Waals surface area contributed by atoms with E-state index in [0.717, 1.165) is 10.3 Å². The number of carbonyl (C=O) groups is 1. The molecule has 8 nitrogen and oxygen atoms in total. The normalized spacial score (nSPS) is 16.2. The topological polar surface area (TPSA) is 93.8 Å². The van der Waals surface area contributed by atoms with E-state index in [1.807, 2.05) is 41.8 Å². The quantitative estimate of drug-likeness (QED) is 0.415. The van der Waals surface area contributed by atoms with Crippen molar-refractivity contribution in [2.45, 2.75) is 19.0 Å². The van der Waals surface area contributed by atoms with Gasteiger partial charge in [0.2, 0.25) is 5.58 Å². The summed E-state index contributed by atoms with van der Waals surface area (Å²) >= 11 is 1.56. The molecule has 1 aliphatic rings. The number of thiophene rings is 1. The molecule has 0 fully saturated rings. The van der Waals surface area contributed by atoms with E-state index < -0.39 is 5.56 Å². The van der Waals surface area contributed by atoms with Gasteiger partial charge in [-0.3, -0.25) is 14.2 Å². The summed E-state index contributed by atoms with van der Waals surface area (Å²) in [7, 11) is 0. The molecule has 5 heterocycles. The lowest BCUT2D eigenvalue weighted by molar-refractivity contribution is -0.133. The number of furan rings is 2. The minimum absolute atomic E-state index is 0.137. The first kappa shape index (κ1) is 18.8. The molecule has 0 unspecified atom stereocenters. The summed E-state index contributed by atoms with van der Waals surface area (Å²) in [6, 6.07) is 14.6. The van der Waals surface area contributed by atoms with Crippen LogP contribution in [0.15, 0.2) is 85.2 Å². The van der Waals surface area contributed by atoms with Gasteiger partial charge in [0.15, 0.2) is 0 Å². The van der Waals surface area contributed by atoms with Crippen LogP contribution >= 0.6 is 11.3 Å². The van der Waals surface area contributed by atoms with E-state index in [9.17, 15) is 9.59 Å². The van der Waals surface area contributed by atoms with Crippen LogP contribution < -0.4 is 5.56 Å². The van der Waals surface area contributed by atoms with Gasteiger partial charge < -0.3 is 8.83 Å². The van der Waals surface area contributed by atoms with Crippen molar-refractivity contribution in [3.8, 4) is 0 Å². The first-order valence-corrected chi connectivity index (χ1v) is 10.9. The number of fused-ring (bicyclic) bond motifs is 3. The molecule has 0 saturated heterocycles. The molecule has 1 amide bonds. The van der Waals surface area contributed by atoms with Gasteiger partial charge in [-0.1, -0.05) is 18.2 Å². The molecule has 6 rings (SSSR count). The van der Waals surface area contributed by atoms with Crippen LogP contribution in [0, 0.1) is 0 Å². The van der Waals surface area contributed by atoms with Crippen LogP contribution in [0.4, 0.5) is 0 Å². The molecule has 1 aliphatic heterocycles. The number of nitrogens with zero attached hydrogens (tertiary/aromatic N) is 4. The Balaban J connectivity index is 1.36. The van der Waals surface area contributed by atoms with Gasteiger partial charge in [0.1, 0.15) is 29.1 Å². The predicted molar refractivity (Wildman–Crippen MR) is 120 cm³/mol. The molecular formula is C23H16N4O4S. The Morgan fingerprint density at radius 3 is 2.88 bits per heavy atom. The average Bonchev–Trinajstić information content (AvgIpc) is 3.60. The highest BCUT2D eigenvalue weighted by molar-refractivity contribution is 7.10. The summed E-state index contributed by atoms with van der Waals surface area (Å²) in [6.07, 6.45) is 3.50. The number of carbonyl (C=O) groups excluding carboxylic acids is 1. The predicted octanol–water partition coefficient (Wildman–Crippen LogP) is 4.18. The molecule has 1 aromatic carbocycles. The first-order valence-electron chi connectivity index (χ1n) is 10.0. The molecular weight excluding hydrogens is 428 g/mol. The molecule has 0 N–H and O–H groups in total. The van der Waals surface area contributed by atoms with Gasteiger partial charge in [-0.05, 0) is 35.7 Å². The van der Waals surface area contributed by atoms with Crippen LogP contribution in [-0.4, -0.2) is 26.2 Å². The van der Waals surface area contributed by atoms with Crippen molar-refractivity contribution in [2.75, 3.05) is 0 Å². The van der Waals surface area contributed by atoms with E-state index >= 15 is 0 Å². The molecule has 9 heteroatoms. The summed E-state index contributed by atoms with van der Waals surface area (Å²) in [4.78, 5) is 31.7. The van der Waals surface area contributed by atoms with E-state index in [2.05, 4.69) is 10.1 Å². The van der Waals surface area contributed by atoms with Gasteiger partial charge in [-0.25, -0.2) is 9.99 Å². The summed E-state index contributed by atoms with van der Waals surface area (Å²) < 4.78 is 12.5. The molecule has 0 radical (unpaired) electrons. The maximum absolute atomic E-state index is 13.3. The van der Waals surface area contributed by atoms with Crippen LogP contribution in [0.5, 0.6) is 0 Å². The van der Waals surface area contributed by atoms with Crippen molar-refractivity contribution in [2.24, 2.45) is 5.10 Å². The van der Waals surface area contributed by atoms with Gasteiger partial charge in [0, 0.05) is 16.7 Å². The first-order chi connectivity index (χ1) is 15.7. The van der Waals surface area contributed by atoms with Crippen LogP contribution in [0.2, 0.25) is 0 Å². The molecule has 1 atom stereocenters. The number of hydrogen-bond donors (Lipinski definition) is 0. The Labute approximate surface area is 185 Å². The summed E-state index contributed by atoms with van der Waals surface area (Å²) in [5, 5.41) is 8.72. The highest BCUT2D eigenvalue weighted by Gasteiger charge is 2.34. The van der Waals surface area contributed by atoms with Crippen molar-refractivity contribution in [3.05, 3.63) is 87.5 Å². The largest absolute Gasteiger partial charge is 0.463 e. The fourth-order valence-electron chi connectivity index (χ4n) is 3.98. The van der Waals surface area contributed by atoms with Crippen LogP contribution in [-0.2, 0) is 11.3 Å². The number of hydrazone groups is 1. The fraction of sp³-hybridized carbons (Fsp3) is 0.130. The molecule has 32 heavy (non-hydrogen) atoms. The fourth-order valence-corrected chi connectivity index (χ4v) is 4.79. The van der Waals surface area contributed by atoms with Gasteiger partial charge in [0.05, 0.1) is 18.6 Å². The Bertz CT molecular complexity index is 1530. The molecule has 4 aromatic heterocycles. The third kappa shape index (κ3) is 2.97. The van der Waals surface area contributed by atoms with E-state index in [1.54, 1.807) is 29.7 Å². The standard InChI is InChI=1S/C23H16N4O4S/c28-20(12-26-13-24-21-14-5-1-2-6-17(14)31-22(21)23(26)29)27-16(19-8-4-10-32-19)11-15(25-27)18-7-3-9-30-18/h1-10,13,16H,11-12H2/t16-/m0/s1. The zero-order valence-electron chi connectivity index (χ0n) is 16.7. The Hall–Kier alpha value is -3.98. The summed E-state index contributed by atoms with van der Waals surface area (Å²) in [6.45, 7) is -0.199. The van der Waals surface area contributed by atoms with Crippen molar-refractivity contribution in [3.63, 3.8) is 0 Å². The minimum atomic E-state index is -0.401. The van der Waals surface area contributed by atoms with Crippen molar-refractivity contribution >= 4 is 45.0 Å². The van der Waals surface area contributed by atoms with Crippen LogP contribution in [0.25, 0.3) is 22.1 Å². The SMILES string of the molecule is O=C(Cn1cnc2c(oc3ccccc32)c1=O)N1N=C(c2ccco2)C[C@H]1c1cccs1. The van der Waals surface area contributed by atoms with Gasteiger partial charge in [-0.15, -0.1) is 11.3 Å². The Morgan fingerprint density at radius 1 is 1.16 bits per heavy atom. The third-order valence-electron chi connectivity index (χ3n) is 5.50. The molecule has 0 spiro atoms. The molecule has 0 aliphatic carbocycles. The second kappa shape index (κ2) is 7.31. The van der Waals surface area contributed by atoms with Crippen LogP contribution in [0.3, 0.4) is 0 Å².